The van der Waals surface area contributed by atoms with Gasteiger partial charge >= 0.3 is 0 Å². The summed E-state index contributed by atoms with van der Waals surface area (Å²) in [6.07, 6.45) is 2.09. The molecule has 3 heteroatoms. The van der Waals surface area contributed by atoms with Crippen molar-refractivity contribution in [3.05, 3.63) is 11.7 Å². The molecule has 0 unspecified atom stereocenters. The summed E-state index contributed by atoms with van der Waals surface area (Å²) in [5, 5.41) is 3.94. The fourth-order valence-electron chi connectivity index (χ4n) is 1.11. The van der Waals surface area contributed by atoms with Crippen molar-refractivity contribution in [2.75, 3.05) is 0 Å². The second kappa shape index (κ2) is 3.25. The monoisotopic (exact) mass is 168 g/mol. The first-order valence-corrected chi connectivity index (χ1v) is 4.43. The number of hydrogen-bond donors (Lipinski definition) is 0. The normalized spacial score (nSPS) is 12.0. The van der Waals surface area contributed by atoms with Gasteiger partial charge in [0.05, 0.1) is 0 Å². The van der Waals surface area contributed by atoms with Gasteiger partial charge in [0.2, 0.25) is 5.89 Å². The molecule has 0 amide bonds. The predicted molar refractivity (Wildman–Crippen MR) is 47.0 cm³/mol. The highest BCUT2D eigenvalue weighted by molar-refractivity contribution is 5.03. The third-order valence-corrected chi connectivity index (χ3v) is 2.63. The SMILES string of the molecule is CCC(C)(CC)c1noc(C)n1. The van der Waals surface area contributed by atoms with E-state index < -0.39 is 0 Å². The van der Waals surface area contributed by atoms with E-state index in [-0.39, 0.29) is 5.41 Å². The van der Waals surface area contributed by atoms with Gasteiger partial charge in [-0.15, -0.1) is 0 Å². The second-order valence-corrected chi connectivity index (χ2v) is 3.40. The van der Waals surface area contributed by atoms with Crippen LogP contribution in [0.25, 0.3) is 0 Å². The molecule has 1 aromatic rings. The molecule has 12 heavy (non-hydrogen) atoms. The lowest BCUT2D eigenvalue weighted by molar-refractivity contribution is 0.351. The van der Waals surface area contributed by atoms with Gasteiger partial charge in [-0.2, -0.15) is 4.98 Å². The lowest BCUT2D eigenvalue weighted by Crippen LogP contribution is -2.21. The summed E-state index contributed by atoms with van der Waals surface area (Å²) in [4.78, 5) is 4.25. The molecule has 0 fully saturated rings. The average Bonchev–Trinajstić information content (AvgIpc) is 2.51. The Hall–Kier alpha value is -0.860. The molecule has 1 aromatic heterocycles. The van der Waals surface area contributed by atoms with E-state index in [0.717, 1.165) is 18.7 Å². The van der Waals surface area contributed by atoms with Gasteiger partial charge in [-0.05, 0) is 12.8 Å². The van der Waals surface area contributed by atoms with Crippen LogP contribution in [-0.2, 0) is 5.41 Å². The van der Waals surface area contributed by atoms with Gasteiger partial charge in [-0.1, -0.05) is 25.9 Å². The Bertz CT molecular complexity index is 251. The Kier molecular flexibility index (Phi) is 2.50. The van der Waals surface area contributed by atoms with Crippen LogP contribution in [0.4, 0.5) is 0 Å². The molecule has 0 saturated heterocycles. The third kappa shape index (κ3) is 1.49. The maximum atomic E-state index is 4.95. The summed E-state index contributed by atoms with van der Waals surface area (Å²) in [6.45, 7) is 8.28. The zero-order valence-electron chi connectivity index (χ0n) is 8.22. The average molecular weight is 168 g/mol. The highest BCUT2D eigenvalue weighted by Crippen LogP contribution is 2.28. The van der Waals surface area contributed by atoms with E-state index in [4.69, 9.17) is 4.52 Å². The van der Waals surface area contributed by atoms with E-state index in [1.807, 2.05) is 6.92 Å². The lowest BCUT2D eigenvalue weighted by atomic mass is 9.84. The number of nitrogens with zero attached hydrogens (tertiary/aromatic N) is 2. The van der Waals surface area contributed by atoms with Crippen molar-refractivity contribution in [2.45, 2.75) is 46.0 Å². The minimum atomic E-state index is 0.0811. The van der Waals surface area contributed by atoms with E-state index in [9.17, 15) is 0 Å². The molecule has 68 valence electrons. The zero-order chi connectivity index (χ0) is 9.19. The molecule has 0 aromatic carbocycles. The second-order valence-electron chi connectivity index (χ2n) is 3.40. The van der Waals surface area contributed by atoms with Crippen molar-refractivity contribution in [3.63, 3.8) is 0 Å². The van der Waals surface area contributed by atoms with Crippen molar-refractivity contribution < 1.29 is 4.52 Å². The number of hydrogen-bond acceptors (Lipinski definition) is 3. The smallest absolute Gasteiger partial charge is 0.223 e. The molecule has 1 rings (SSSR count). The molecule has 0 aliphatic heterocycles. The summed E-state index contributed by atoms with van der Waals surface area (Å²) in [7, 11) is 0. The first-order valence-electron chi connectivity index (χ1n) is 4.43. The van der Waals surface area contributed by atoms with Gasteiger partial charge in [0, 0.05) is 12.3 Å². The maximum absolute atomic E-state index is 4.95. The molecule has 0 aliphatic rings. The Morgan fingerprint density at radius 2 is 1.92 bits per heavy atom. The molecule has 1 heterocycles. The number of rotatable bonds is 3. The van der Waals surface area contributed by atoms with Crippen LogP contribution < -0.4 is 0 Å². The summed E-state index contributed by atoms with van der Waals surface area (Å²) in [5.74, 6) is 1.49. The van der Waals surface area contributed by atoms with Crippen LogP contribution in [0.3, 0.4) is 0 Å². The van der Waals surface area contributed by atoms with Crippen molar-refractivity contribution in [2.24, 2.45) is 0 Å². The summed E-state index contributed by atoms with van der Waals surface area (Å²) < 4.78 is 4.95. The summed E-state index contributed by atoms with van der Waals surface area (Å²) >= 11 is 0. The first-order chi connectivity index (χ1) is 5.62. The van der Waals surface area contributed by atoms with E-state index in [2.05, 4.69) is 30.9 Å². The van der Waals surface area contributed by atoms with Gasteiger partial charge in [-0.3, -0.25) is 0 Å². The van der Waals surface area contributed by atoms with Crippen molar-refractivity contribution >= 4 is 0 Å². The van der Waals surface area contributed by atoms with Crippen LogP contribution in [0, 0.1) is 6.92 Å². The molecule has 0 spiro atoms. The van der Waals surface area contributed by atoms with E-state index >= 15 is 0 Å². The summed E-state index contributed by atoms with van der Waals surface area (Å²) in [6, 6.07) is 0. The van der Waals surface area contributed by atoms with Crippen molar-refractivity contribution in [1.82, 2.24) is 10.1 Å². The Balaban J connectivity index is 2.94. The fraction of sp³-hybridized carbons (Fsp3) is 0.778. The van der Waals surface area contributed by atoms with Crippen molar-refractivity contribution in [1.29, 1.82) is 0 Å². The lowest BCUT2D eigenvalue weighted by Gasteiger charge is -2.21. The minimum absolute atomic E-state index is 0.0811. The third-order valence-electron chi connectivity index (χ3n) is 2.63. The van der Waals surface area contributed by atoms with Gasteiger partial charge < -0.3 is 4.52 Å². The molecule has 0 radical (unpaired) electrons. The zero-order valence-corrected chi connectivity index (χ0v) is 8.22. The topological polar surface area (TPSA) is 38.9 Å². The van der Waals surface area contributed by atoms with Gasteiger partial charge in [0.1, 0.15) is 0 Å². The number of aromatic nitrogens is 2. The standard InChI is InChI=1S/C9H16N2O/c1-5-9(4,6-2)8-10-7(3)12-11-8/h5-6H2,1-4H3. The first kappa shape index (κ1) is 9.23. The maximum Gasteiger partial charge on any atom is 0.223 e. The van der Waals surface area contributed by atoms with Crippen LogP contribution in [-0.4, -0.2) is 10.1 Å². The van der Waals surface area contributed by atoms with Crippen LogP contribution in [0.15, 0.2) is 4.52 Å². The van der Waals surface area contributed by atoms with Crippen LogP contribution in [0.5, 0.6) is 0 Å². The van der Waals surface area contributed by atoms with E-state index in [0.29, 0.717) is 5.89 Å². The summed E-state index contributed by atoms with van der Waals surface area (Å²) in [5.41, 5.74) is 0.0811. The molecule has 0 N–H and O–H groups in total. The molecule has 0 aliphatic carbocycles. The van der Waals surface area contributed by atoms with Crippen LogP contribution in [0.1, 0.15) is 45.3 Å². The molecular formula is C9H16N2O. The predicted octanol–water partition coefficient (Wildman–Crippen LogP) is 2.46. The molecule has 0 bridgehead atoms. The van der Waals surface area contributed by atoms with E-state index in [1.165, 1.54) is 0 Å². The van der Waals surface area contributed by atoms with Gasteiger partial charge in [0.15, 0.2) is 5.82 Å². The molecule has 0 saturated carbocycles. The number of aryl methyl sites for hydroxylation is 1. The minimum Gasteiger partial charge on any atom is -0.340 e. The van der Waals surface area contributed by atoms with Gasteiger partial charge in [0.25, 0.3) is 0 Å². The van der Waals surface area contributed by atoms with Crippen molar-refractivity contribution in [3.8, 4) is 0 Å². The highest BCUT2D eigenvalue weighted by atomic mass is 16.5. The Morgan fingerprint density at radius 3 is 2.25 bits per heavy atom. The van der Waals surface area contributed by atoms with Gasteiger partial charge in [-0.25, -0.2) is 0 Å². The highest BCUT2D eigenvalue weighted by Gasteiger charge is 2.27. The molecular weight excluding hydrogens is 152 g/mol. The fourth-order valence-corrected chi connectivity index (χ4v) is 1.11. The van der Waals surface area contributed by atoms with Crippen LogP contribution >= 0.6 is 0 Å². The Labute approximate surface area is 73.2 Å². The van der Waals surface area contributed by atoms with E-state index in [1.54, 1.807) is 0 Å². The van der Waals surface area contributed by atoms with Crippen LogP contribution in [0.2, 0.25) is 0 Å². The molecule has 0 atom stereocenters. The molecule has 3 nitrogen and oxygen atoms in total. The Morgan fingerprint density at radius 1 is 1.33 bits per heavy atom. The quantitative estimate of drug-likeness (QED) is 0.695. The largest absolute Gasteiger partial charge is 0.340 e.